The van der Waals surface area contributed by atoms with E-state index in [1.807, 2.05) is 6.92 Å². The molecule has 0 aliphatic heterocycles. The minimum atomic E-state index is -3.82. The van der Waals surface area contributed by atoms with E-state index in [-0.39, 0.29) is 4.90 Å². The number of hydrogen-bond acceptors (Lipinski definition) is 6. The van der Waals surface area contributed by atoms with E-state index in [2.05, 4.69) is 4.72 Å². The van der Waals surface area contributed by atoms with Crippen molar-refractivity contribution in [3.8, 4) is 11.5 Å². The van der Waals surface area contributed by atoms with E-state index in [0.29, 0.717) is 29.4 Å². The fourth-order valence-electron chi connectivity index (χ4n) is 2.26. The van der Waals surface area contributed by atoms with Gasteiger partial charge in [-0.25, -0.2) is 13.2 Å². The highest BCUT2D eigenvalue weighted by Crippen LogP contribution is 2.30. The largest absolute Gasteiger partial charge is 0.493 e. The lowest BCUT2D eigenvalue weighted by Crippen LogP contribution is -2.13. The SMILES string of the molecule is CCCCOC(=O)c1ccc(NS(=O)(=O)c2ccc(OC)c(OC)c2)cc1. The molecule has 0 saturated heterocycles. The monoisotopic (exact) mass is 393 g/mol. The molecule has 0 aromatic heterocycles. The summed E-state index contributed by atoms with van der Waals surface area (Å²) in [6.45, 7) is 2.37. The van der Waals surface area contributed by atoms with Crippen molar-refractivity contribution in [2.24, 2.45) is 0 Å². The van der Waals surface area contributed by atoms with Crippen molar-refractivity contribution in [3.63, 3.8) is 0 Å². The Hall–Kier alpha value is -2.74. The minimum absolute atomic E-state index is 0.0307. The maximum atomic E-state index is 12.6. The summed E-state index contributed by atoms with van der Waals surface area (Å²) >= 11 is 0. The molecule has 0 bridgehead atoms. The minimum Gasteiger partial charge on any atom is -0.493 e. The first-order chi connectivity index (χ1) is 12.9. The number of carbonyl (C=O) groups is 1. The van der Waals surface area contributed by atoms with Crippen LogP contribution in [0.5, 0.6) is 11.5 Å². The molecule has 0 amide bonds. The van der Waals surface area contributed by atoms with E-state index in [9.17, 15) is 13.2 Å². The molecule has 2 aromatic carbocycles. The third kappa shape index (κ3) is 5.37. The first-order valence-electron chi connectivity index (χ1n) is 8.43. The number of unbranched alkanes of at least 4 members (excludes halogenated alkanes) is 1. The van der Waals surface area contributed by atoms with E-state index < -0.39 is 16.0 Å². The van der Waals surface area contributed by atoms with Gasteiger partial charge in [0.2, 0.25) is 0 Å². The third-order valence-electron chi connectivity index (χ3n) is 3.77. The molecule has 0 spiro atoms. The number of carbonyl (C=O) groups excluding carboxylic acids is 1. The first-order valence-corrected chi connectivity index (χ1v) is 9.91. The second-order valence-corrected chi connectivity index (χ2v) is 7.37. The Morgan fingerprint density at radius 2 is 1.67 bits per heavy atom. The average molecular weight is 393 g/mol. The zero-order valence-corrected chi connectivity index (χ0v) is 16.3. The zero-order valence-electron chi connectivity index (χ0n) is 15.5. The molecule has 0 heterocycles. The number of nitrogens with one attached hydrogen (secondary N) is 1. The van der Waals surface area contributed by atoms with Crippen LogP contribution in [0, 0.1) is 0 Å². The highest BCUT2D eigenvalue weighted by molar-refractivity contribution is 7.92. The summed E-state index contributed by atoms with van der Waals surface area (Å²) in [4.78, 5) is 11.9. The number of ether oxygens (including phenoxy) is 3. The molecule has 1 N–H and O–H groups in total. The average Bonchev–Trinajstić information content (AvgIpc) is 2.67. The summed E-state index contributed by atoms with van der Waals surface area (Å²) < 4.78 is 43.0. The van der Waals surface area contributed by atoms with Gasteiger partial charge in [-0.2, -0.15) is 0 Å². The molecule has 0 aliphatic carbocycles. The Morgan fingerprint density at radius 1 is 1.00 bits per heavy atom. The number of rotatable bonds is 9. The third-order valence-corrected chi connectivity index (χ3v) is 5.15. The van der Waals surface area contributed by atoms with Crippen LogP contribution in [0.3, 0.4) is 0 Å². The van der Waals surface area contributed by atoms with E-state index >= 15 is 0 Å². The van der Waals surface area contributed by atoms with Crippen molar-refractivity contribution in [3.05, 3.63) is 48.0 Å². The fourth-order valence-corrected chi connectivity index (χ4v) is 3.34. The fraction of sp³-hybridized carbons (Fsp3) is 0.316. The van der Waals surface area contributed by atoms with Gasteiger partial charge in [-0.15, -0.1) is 0 Å². The summed E-state index contributed by atoms with van der Waals surface area (Å²) in [6.07, 6.45) is 1.74. The summed E-state index contributed by atoms with van der Waals surface area (Å²) in [6, 6.07) is 10.4. The standard InChI is InChI=1S/C19H23NO6S/c1-4-5-12-26-19(21)14-6-8-15(9-7-14)20-27(22,23)16-10-11-17(24-2)18(13-16)25-3/h6-11,13,20H,4-5,12H2,1-3H3. The molecule has 0 aliphatic rings. The Balaban J connectivity index is 2.12. The van der Waals surface area contributed by atoms with Crippen molar-refractivity contribution in [1.82, 2.24) is 0 Å². The van der Waals surface area contributed by atoms with Crippen LogP contribution in [0.4, 0.5) is 5.69 Å². The van der Waals surface area contributed by atoms with Gasteiger partial charge in [-0.1, -0.05) is 13.3 Å². The summed E-state index contributed by atoms with van der Waals surface area (Å²) in [5.74, 6) is 0.311. The molecule has 0 fully saturated rings. The van der Waals surface area contributed by atoms with Gasteiger partial charge in [-0.05, 0) is 42.8 Å². The molecule has 0 saturated carbocycles. The quantitative estimate of drug-likeness (QED) is 0.518. The van der Waals surface area contributed by atoms with E-state index in [1.54, 1.807) is 0 Å². The lowest BCUT2D eigenvalue weighted by atomic mass is 10.2. The number of anilines is 1. The number of hydrogen-bond donors (Lipinski definition) is 1. The molecule has 27 heavy (non-hydrogen) atoms. The van der Waals surface area contributed by atoms with Crippen LogP contribution in [0.2, 0.25) is 0 Å². The van der Waals surface area contributed by atoms with E-state index in [4.69, 9.17) is 14.2 Å². The maximum Gasteiger partial charge on any atom is 0.338 e. The molecule has 8 heteroatoms. The molecular weight excluding hydrogens is 370 g/mol. The zero-order chi connectivity index (χ0) is 19.9. The van der Waals surface area contributed by atoms with Gasteiger partial charge in [-0.3, -0.25) is 4.72 Å². The topological polar surface area (TPSA) is 90.9 Å². The molecular formula is C19H23NO6S. The van der Waals surface area contributed by atoms with Gasteiger partial charge in [0.1, 0.15) is 0 Å². The Labute approximate surface area is 159 Å². The Kier molecular flexibility index (Phi) is 7.06. The smallest absolute Gasteiger partial charge is 0.338 e. The molecule has 146 valence electrons. The second kappa shape index (κ2) is 9.27. The normalized spacial score (nSPS) is 10.9. The number of benzene rings is 2. The summed E-state index contributed by atoms with van der Waals surface area (Å²) in [7, 11) is -0.921. The van der Waals surface area contributed by atoms with Crippen molar-refractivity contribution in [2.45, 2.75) is 24.7 Å². The van der Waals surface area contributed by atoms with Crippen LogP contribution < -0.4 is 14.2 Å². The highest BCUT2D eigenvalue weighted by atomic mass is 32.2. The predicted octanol–water partition coefficient (Wildman–Crippen LogP) is 3.46. The lowest BCUT2D eigenvalue weighted by Gasteiger charge is -2.12. The van der Waals surface area contributed by atoms with Crippen molar-refractivity contribution >= 4 is 21.7 Å². The van der Waals surface area contributed by atoms with Crippen LogP contribution in [-0.4, -0.2) is 35.2 Å². The highest BCUT2D eigenvalue weighted by Gasteiger charge is 2.17. The number of methoxy groups -OCH3 is 2. The van der Waals surface area contributed by atoms with Gasteiger partial charge in [0, 0.05) is 11.8 Å². The van der Waals surface area contributed by atoms with Crippen LogP contribution in [-0.2, 0) is 14.8 Å². The van der Waals surface area contributed by atoms with Crippen LogP contribution in [0.25, 0.3) is 0 Å². The Bertz CT molecular complexity index is 878. The van der Waals surface area contributed by atoms with Crippen LogP contribution in [0.15, 0.2) is 47.4 Å². The van der Waals surface area contributed by atoms with Gasteiger partial charge in [0.25, 0.3) is 10.0 Å². The maximum absolute atomic E-state index is 12.6. The summed E-state index contributed by atoms with van der Waals surface area (Å²) in [5, 5.41) is 0. The van der Waals surface area contributed by atoms with Gasteiger partial charge >= 0.3 is 5.97 Å². The van der Waals surface area contributed by atoms with Crippen molar-refractivity contribution < 1.29 is 27.4 Å². The van der Waals surface area contributed by atoms with Gasteiger partial charge in [0.15, 0.2) is 11.5 Å². The molecule has 0 radical (unpaired) electrons. The predicted molar refractivity (Wildman–Crippen MR) is 102 cm³/mol. The van der Waals surface area contributed by atoms with Crippen LogP contribution in [0.1, 0.15) is 30.1 Å². The molecule has 0 unspecified atom stereocenters. The van der Waals surface area contributed by atoms with Gasteiger partial charge in [0.05, 0.1) is 31.3 Å². The number of sulfonamides is 1. The first kappa shape index (κ1) is 20.6. The molecule has 2 rings (SSSR count). The second-order valence-electron chi connectivity index (χ2n) is 5.69. The molecule has 7 nitrogen and oxygen atoms in total. The lowest BCUT2D eigenvalue weighted by molar-refractivity contribution is 0.0500. The van der Waals surface area contributed by atoms with Gasteiger partial charge < -0.3 is 14.2 Å². The van der Waals surface area contributed by atoms with E-state index in [0.717, 1.165) is 12.8 Å². The van der Waals surface area contributed by atoms with E-state index in [1.165, 1.54) is 56.7 Å². The molecule has 0 atom stereocenters. The van der Waals surface area contributed by atoms with Crippen molar-refractivity contribution in [2.75, 3.05) is 25.5 Å². The Morgan fingerprint density at radius 3 is 2.26 bits per heavy atom. The van der Waals surface area contributed by atoms with Crippen molar-refractivity contribution in [1.29, 1.82) is 0 Å². The summed E-state index contributed by atoms with van der Waals surface area (Å²) in [5.41, 5.74) is 0.690. The number of esters is 1. The molecule has 2 aromatic rings. The van der Waals surface area contributed by atoms with Crippen LogP contribution >= 0.6 is 0 Å².